The molecule has 0 unspecified atom stereocenters. The largest absolute Gasteiger partial charge is 1.00 e. The van der Waals surface area contributed by atoms with Crippen molar-refractivity contribution < 1.29 is 18.7 Å². The molecule has 0 aromatic carbocycles. The first-order valence-corrected chi connectivity index (χ1v) is 9.29. The molecule has 0 bridgehead atoms. The maximum absolute atomic E-state index is 9.75. The molecule has 0 atom stereocenters. The summed E-state index contributed by atoms with van der Waals surface area (Å²) in [7, 11) is -6.00. The lowest BCUT2D eigenvalue weighted by Gasteiger charge is -2.21. The van der Waals surface area contributed by atoms with Crippen molar-refractivity contribution in [2.45, 2.75) is 78.1 Å². The van der Waals surface area contributed by atoms with Crippen molar-refractivity contribution in [3.63, 3.8) is 0 Å². The minimum atomic E-state index is -6.00. The standard InChI is InChI=1S/C18H33N.BF4/c1-3-4-5-6-7-8-9-10-11-12-15-19-16-13-18(2)14-17-19;2-1(3,4)5/h13-14,16H,3-12,15,17H2,1-2H3;/q;-1/p+1. The highest BCUT2D eigenvalue weighted by atomic mass is 19.5. The summed E-state index contributed by atoms with van der Waals surface area (Å²) in [6.45, 7) is 6.81. The molecule has 0 spiro atoms. The molecular formula is C18H34BF4N. The molecule has 1 rings (SSSR count). The lowest BCUT2D eigenvalue weighted by molar-refractivity contribution is 0.368. The van der Waals surface area contributed by atoms with Crippen LogP contribution < -0.4 is 0 Å². The Labute approximate surface area is 146 Å². The van der Waals surface area contributed by atoms with Gasteiger partial charge in [-0.2, -0.15) is 0 Å². The van der Waals surface area contributed by atoms with E-state index in [1.54, 1.807) is 0 Å². The Balaban J connectivity index is 0. The van der Waals surface area contributed by atoms with E-state index < -0.39 is 7.25 Å². The quantitative estimate of drug-likeness (QED) is 0.218. The fraction of sp³-hybridized carbons (Fsp3) is 0.778. The van der Waals surface area contributed by atoms with Crippen molar-refractivity contribution in [1.82, 2.24) is 4.90 Å². The van der Waals surface area contributed by atoms with Gasteiger partial charge in [-0.25, -0.2) is 0 Å². The van der Waals surface area contributed by atoms with Gasteiger partial charge in [-0.3, -0.25) is 0 Å². The van der Waals surface area contributed by atoms with Crippen LogP contribution in [0.1, 0.15) is 79.5 Å². The second-order valence-corrected chi connectivity index (χ2v) is 6.44. The average Bonchev–Trinajstić information content (AvgIpc) is 2.49. The van der Waals surface area contributed by atoms with Crippen LogP contribution in [0.25, 0.3) is 0 Å². The molecule has 0 aliphatic carbocycles. The number of rotatable bonds is 11. The normalized spacial score (nSPS) is 14.2. The summed E-state index contributed by atoms with van der Waals surface area (Å²) >= 11 is 0. The molecule has 1 nitrogen and oxygen atoms in total. The molecule has 0 saturated heterocycles. The minimum Gasteiger partial charge on any atom is -0.418 e. The number of nitrogens with zero attached hydrogens (tertiary/aromatic N) is 1. The van der Waals surface area contributed by atoms with Gasteiger partial charge in [0.1, 0.15) is 0 Å². The Morgan fingerprint density at radius 3 is 1.79 bits per heavy atom. The smallest absolute Gasteiger partial charge is 0.418 e. The third-order valence-corrected chi connectivity index (χ3v) is 3.99. The third kappa shape index (κ3) is 19.1. The van der Waals surface area contributed by atoms with E-state index in [1.807, 2.05) is 0 Å². The van der Waals surface area contributed by atoms with Crippen LogP contribution in [0.5, 0.6) is 0 Å². The maximum atomic E-state index is 9.75. The Morgan fingerprint density at radius 1 is 0.917 bits per heavy atom. The first-order chi connectivity index (χ1) is 11.3. The molecule has 0 aromatic rings. The Morgan fingerprint density at radius 2 is 1.38 bits per heavy atom. The van der Waals surface area contributed by atoms with Gasteiger partial charge in [0.25, 0.3) is 0 Å². The molecule has 24 heavy (non-hydrogen) atoms. The SMILES string of the molecule is CCCCCCCCCCCCN1C=CC(C)=CC1.F[B-](F)(F)F.[H+]. The van der Waals surface area contributed by atoms with E-state index in [4.69, 9.17) is 0 Å². The molecule has 0 fully saturated rings. The predicted octanol–water partition coefficient (Wildman–Crippen LogP) is 7.10. The summed E-state index contributed by atoms with van der Waals surface area (Å²) in [6.07, 6.45) is 21.0. The second kappa shape index (κ2) is 14.4. The summed E-state index contributed by atoms with van der Waals surface area (Å²) < 4.78 is 39.0. The average molecular weight is 351 g/mol. The first kappa shape index (κ1) is 23.1. The monoisotopic (exact) mass is 351 g/mol. The van der Waals surface area contributed by atoms with Crippen molar-refractivity contribution in [3.05, 3.63) is 23.9 Å². The highest BCUT2D eigenvalue weighted by Gasteiger charge is 2.20. The van der Waals surface area contributed by atoms with Gasteiger partial charge in [-0.1, -0.05) is 76.4 Å². The van der Waals surface area contributed by atoms with Crippen molar-refractivity contribution in [1.29, 1.82) is 0 Å². The van der Waals surface area contributed by atoms with Crippen molar-refractivity contribution >= 4 is 7.25 Å². The number of halogens is 4. The summed E-state index contributed by atoms with van der Waals surface area (Å²) in [4.78, 5) is 2.43. The van der Waals surface area contributed by atoms with E-state index in [0.29, 0.717) is 0 Å². The van der Waals surface area contributed by atoms with Crippen LogP contribution in [-0.4, -0.2) is 25.2 Å². The van der Waals surface area contributed by atoms with E-state index in [1.165, 1.54) is 76.3 Å². The zero-order valence-electron chi connectivity index (χ0n) is 16.3. The van der Waals surface area contributed by atoms with Crippen LogP contribution in [-0.2, 0) is 0 Å². The van der Waals surface area contributed by atoms with Gasteiger partial charge >= 0.3 is 8.68 Å². The summed E-state index contributed by atoms with van der Waals surface area (Å²) in [5, 5.41) is 0. The third-order valence-electron chi connectivity index (χ3n) is 3.99. The number of hydrogen-bond donors (Lipinski definition) is 0. The fourth-order valence-corrected chi connectivity index (χ4v) is 2.58. The molecule has 1 aliphatic heterocycles. The van der Waals surface area contributed by atoms with Crippen LogP contribution in [0.3, 0.4) is 0 Å². The van der Waals surface area contributed by atoms with Gasteiger partial charge in [0.15, 0.2) is 0 Å². The van der Waals surface area contributed by atoms with Gasteiger partial charge in [-0.05, 0) is 25.6 Å². The zero-order chi connectivity index (χ0) is 18.3. The van der Waals surface area contributed by atoms with E-state index >= 15 is 0 Å². The van der Waals surface area contributed by atoms with Crippen molar-refractivity contribution in [3.8, 4) is 0 Å². The van der Waals surface area contributed by atoms with Crippen LogP contribution in [0.2, 0.25) is 0 Å². The predicted molar refractivity (Wildman–Crippen MR) is 97.6 cm³/mol. The van der Waals surface area contributed by atoms with Gasteiger partial charge in [-0.15, -0.1) is 0 Å². The highest BCUT2D eigenvalue weighted by molar-refractivity contribution is 6.50. The van der Waals surface area contributed by atoms with Crippen LogP contribution in [0.15, 0.2) is 23.9 Å². The molecule has 1 aliphatic rings. The van der Waals surface area contributed by atoms with Crippen LogP contribution in [0, 0.1) is 0 Å². The Hall–Kier alpha value is -0.935. The fourth-order valence-electron chi connectivity index (χ4n) is 2.58. The minimum absolute atomic E-state index is 0. The number of unbranched alkanes of at least 4 members (excludes halogenated alkanes) is 9. The summed E-state index contributed by atoms with van der Waals surface area (Å²) in [5.41, 5.74) is 1.40. The summed E-state index contributed by atoms with van der Waals surface area (Å²) in [6, 6.07) is 0. The van der Waals surface area contributed by atoms with Gasteiger partial charge in [0.2, 0.25) is 0 Å². The summed E-state index contributed by atoms with van der Waals surface area (Å²) in [5.74, 6) is 0. The van der Waals surface area contributed by atoms with Gasteiger partial charge in [0, 0.05) is 13.1 Å². The Kier molecular flexibility index (Phi) is 13.9. The van der Waals surface area contributed by atoms with Crippen LogP contribution in [0.4, 0.5) is 17.3 Å². The van der Waals surface area contributed by atoms with Crippen LogP contribution >= 0.6 is 0 Å². The van der Waals surface area contributed by atoms with E-state index in [-0.39, 0.29) is 1.43 Å². The second-order valence-electron chi connectivity index (χ2n) is 6.44. The topological polar surface area (TPSA) is 3.24 Å². The molecule has 6 heteroatoms. The molecule has 0 N–H and O–H groups in total. The molecule has 0 aromatic heterocycles. The molecule has 0 radical (unpaired) electrons. The molecular weight excluding hydrogens is 317 g/mol. The zero-order valence-corrected chi connectivity index (χ0v) is 15.3. The van der Waals surface area contributed by atoms with E-state index in [9.17, 15) is 17.3 Å². The number of hydrogen-bond acceptors (Lipinski definition) is 1. The van der Waals surface area contributed by atoms with Crippen molar-refractivity contribution in [2.24, 2.45) is 0 Å². The van der Waals surface area contributed by atoms with Crippen molar-refractivity contribution in [2.75, 3.05) is 13.1 Å². The first-order valence-electron chi connectivity index (χ1n) is 9.29. The van der Waals surface area contributed by atoms with E-state index in [2.05, 4.69) is 37.1 Å². The lowest BCUT2D eigenvalue weighted by atomic mass is 10.1. The number of allylic oxidation sites excluding steroid dienone is 2. The molecule has 0 amide bonds. The molecule has 142 valence electrons. The van der Waals surface area contributed by atoms with E-state index in [0.717, 1.165) is 6.54 Å². The molecule has 1 heterocycles. The van der Waals surface area contributed by atoms with Gasteiger partial charge in [0.05, 0.1) is 0 Å². The lowest BCUT2D eigenvalue weighted by Crippen LogP contribution is -2.20. The highest BCUT2D eigenvalue weighted by Crippen LogP contribution is 2.12. The van der Waals surface area contributed by atoms with Gasteiger partial charge < -0.3 is 22.2 Å². The molecule has 0 saturated carbocycles. The maximum Gasteiger partial charge on any atom is 1.00 e. The Bertz CT molecular complexity index is 353.